The van der Waals surface area contributed by atoms with Crippen LogP contribution >= 0.6 is 0 Å². The first-order valence-corrected chi connectivity index (χ1v) is 5.57. The minimum absolute atomic E-state index is 0.101. The van der Waals surface area contributed by atoms with Crippen molar-refractivity contribution >= 4 is 11.7 Å². The van der Waals surface area contributed by atoms with Crippen LogP contribution in [-0.4, -0.2) is 30.2 Å². The van der Waals surface area contributed by atoms with Gasteiger partial charge in [0.25, 0.3) is 0 Å². The van der Waals surface area contributed by atoms with Crippen LogP contribution in [0.25, 0.3) is 0 Å². The van der Waals surface area contributed by atoms with Gasteiger partial charge in [0.15, 0.2) is 5.41 Å². The lowest BCUT2D eigenvalue weighted by molar-refractivity contribution is -0.213. The number of pyridine rings is 1. The summed E-state index contributed by atoms with van der Waals surface area (Å²) >= 11 is 0. The summed E-state index contributed by atoms with van der Waals surface area (Å²) in [6, 6.07) is 3.52. The Bertz CT molecular complexity index is 483. The molecule has 1 amide bonds. The Labute approximate surface area is 106 Å². The molecule has 0 bridgehead atoms. The fourth-order valence-corrected chi connectivity index (χ4v) is 1.97. The number of nitrogens with one attached hydrogen (secondary N) is 2. The average Bonchev–Trinajstić information content (AvgIpc) is 2.78. The maximum absolute atomic E-state index is 13.1. The molecule has 0 spiro atoms. The molecule has 19 heavy (non-hydrogen) atoms. The third-order valence-electron chi connectivity index (χ3n) is 3.09. The Morgan fingerprint density at radius 2 is 2.16 bits per heavy atom. The first-order chi connectivity index (χ1) is 8.85. The lowest BCUT2D eigenvalue weighted by Gasteiger charge is -2.29. The molecule has 1 aliphatic heterocycles. The predicted molar refractivity (Wildman–Crippen MR) is 58.8 cm³/mol. The molecule has 0 radical (unpaired) electrons. The van der Waals surface area contributed by atoms with Crippen LogP contribution in [0.5, 0.6) is 0 Å². The Balaban J connectivity index is 2.22. The highest BCUT2D eigenvalue weighted by atomic mass is 19.4. The van der Waals surface area contributed by atoms with E-state index in [1.165, 1.54) is 12.1 Å². The maximum Gasteiger partial charge on any atom is 0.404 e. The van der Waals surface area contributed by atoms with Gasteiger partial charge in [-0.1, -0.05) is 6.07 Å². The molecular formula is C11H11F4N3O. The highest BCUT2D eigenvalue weighted by Crippen LogP contribution is 2.43. The van der Waals surface area contributed by atoms with E-state index < -0.39 is 30.0 Å². The number of aromatic nitrogens is 1. The van der Waals surface area contributed by atoms with Crippen LogP contribution in [0, 0.1) is 11.4 Å². The molecule has 1 aliphatic rings. The van der Waals surface area contributed by atoms with Crippen LogP contribution < -0.4 is 10.6 Å². The number of hydrogen-bond acceptors (Lipinski definition) is 3. The van der Waals surface area contributed by atoms with E-state index in [1.807, 2.05) is 5.32 Å². The fraction of sp³-hybridized carbons (Fsp3) is 0.455. The van der Waals surface area contributed by atoms with E-state index in [0.29, 0.717) is 0 Å². The third-order valence-corrected chi connectivity index (χ3v) is 3.09. The standard InChI is InChI=1S/C11H11F4N3O/c12-7-2-1-3-8(17-7)18-9(19)10(11(13,14)15)4-5-16-6-10/h1-3,16H,4-6H2,(H,17,18,19). The van der Waals surface area contributed by atoms with Crippen LogP contribution in [0.1, 0.15) is 6.42 Å². The van der Waals surface area contributed by atoms with E-state index in [4.69, 9.17) is 0 Å². The second-order valence-corrected chi connectivity index (χ2v) is 4.31. The zero-order chi connectivity index (χ0) is 14.1. The molecule has 0 aliphatic carbocycles. The van der Waals surface area contributed by atoms with Crippen molar-refractivity contribution in [2.24, 2.45) is 5.41 Å². The second-order valence-electron chi connectivity index (χ2n) is 4.31. The van der Waals surface area contributed by atoms with E-state index in [2.05, 4.69) is 10.3 Å². The normalized spacial score (nSPS) is 23.4. The summed E-state index contributed by atoms with van der Waals surface area (Å²) in [7, 11) is 0. The zero-order valence-corrected chi connectivity index (χ0v) is 9.72. The van der Waals surface area contributed by atoms with Gasteiger partial charge in [-0.3, -0.25) is 4.79 Å². The molecule has 1 aromatic heterocycles. The van der Waals surface area contributed by atoms with Gasteiger partial charge >= 0.3 is 6.18 Å². The largest absolute Gasteiger partial charge is 0.404 e. The van der Waals surface area contributed by atoms with Gasteiger partial charge in [-0.05, 0) is 25.1 Å². The molecular weight excluding hydrogens is 266 g/mol. The molecule has 1 unspecified atom stereocenters. The lowest BCUT2D eigenvalue weighted by atomic mass is 9.85. The van der Waals surface area contributed by atoms with Gasteiger partial charge in [0.2, 0.25) is 11.9 Å². The lowest BCUT2D eigenvalue weighted by Crippen LogP contribution is -2.49. The molecule has 1 aromatic rings. The van der Waals surface area contributed by atoms with Crippen molar-refractivity contribution in [2.45, 2.75) is 12.6 Å². The van der Waals surface area contributed by atoms with Crippen molar-refractivity contribution in [2.75, 3.05) is 18.4 Å². The predicted octanol–water partition coefficient (Wildman–Crippen LogP) is 1.70. The molecule has 2 rings (SSSR count). The number of rotatable bonds is 2. The highest BCUT2D eigenvalue weighted by Gasteiger charge is 2.61. The van der Waals surface area contributed by atoms with Crippen molar-refractivity contribution < 1.29 is 22.4 Å². The number of halogens is 4. The van der Waals surface area contributed by atoms with Crippen LogP contribution in [-0.2, 0) is 4.79 Å². The topological polar surface area (TPSA) is 54.0 Å². The van der Waals surface area contributed by atoms with Gasteiger partial charge in [0.05, 0.1) is 0 Å². The molecule has 1 atom stereocenters. The van der Waals surface area contributed by atoms with E-state index in [-0.39, 0.29) is 18.8 Å². The monoisotopic (exact) mass is 277 g/mol. The van der Waals surface area contributed by atoms with Gasteiger partial charge in [0, 0.05) is 6.54 Å². The van der Waals surface area contributed by atoms with Crippen LogP contribution in [0.3, 0.4) is 0 Å². The quantitative estimate of drug-likeness (QED) is 0.639. The first kappa shape index (κ1) is 13.7. The molecule has 2 heterocycles. The molecule has 2 N–H and O–H groups in total. The highest BCUT2D eigenvalue weighted by molar-refractivity contribution is 5.95. The van der Waals surface area contributed by atoms with Crippen molar-refractivity contribution in [1.29, 1.82) is 0 Å². The number of nitrogens with zero attached hydrogens (tertiary/aromatic N) is 1. The Kier molecular flexibility index (Phi) is 3.44. The van der Waals surface area contributed by atoms with Gasteiger partial charge in [-0.15, -0.1) is 0 Å². The number of carbonyl (C=O) groups excluding carboxylic acids is 1. The smallest absolute Gasteiger partial charge is 0.315 e. The van der Waals surface area contributed by atoms with Crippen molar-refractivity contribution in [3.8, 4) is 0 Å². The average molecular weight is 277 g/mol. The van der Waals surface area contributed by atoms with E-state index in [0.717, 1.165) is 6.07 Å². The summed E-state index contributed by atoms with van der Waals surface area (Å²) in [6.07, 6.45) is -5.02. The van der Waals surface area contributed by atoms with Crippen LogP contribution in [0.4, 0.5) is 23.4 Å². The van der Waals surface area contributed by atoms with E-state index >= 15 is 0 Å². The minimum atomic E-state index is -4.67. The van der Waals surface area contributed by atoms with Gasteiger partial charge in [-0.25, -0.2) is 4.98 Å². The molecule has 0 aromatic carbocycles. The fourth-order valence-electron chi connectivity index (χ4n) is 1.97. The third kappa shape index (κ3) is 2.53. The number of anilines is 1. The summed E-state index contributed by atoms with van der Waals surface area (Å²) in [5.41, 5.74) is -2.49. The second kappa shape index (κ2) is 4.76. The molecule has 1 fully saturated rings. The zero-order valence-electron chi connectivity index (χ0n) is 9.72. The van der Waals surface area contributed by atoms with Crippen molar-refractivity contribution in [3.05, 3.63) is 24.1 Å². The Morgan fingerprint density at radius 1 is 1.42 bits per heavy atom. The minimum Gasteiger partial charge on any atom is -0.315 e. The summed E-state index contributed by atoms with van der Waals surface area (Å²) in [5, 5.41) is 4.54. The van der Waals surface area contributed by atoms with Crippen LogP contribution in [0.2, 0.25) is 0 Å². The first-order valence-electron chi connectivity index (χ1n) is 5.57. The maximum atomic E-state index is 13.1. The van der Waals surface area contributed by atoms with Crippen LogP contribution in [0.15, 0.2) is 18.2 Å². The summed E-state index contributed by atoms with van der Waals surface area (Å²) in [6.45, 7) is -0.388. The van der Waals surface area contributed by atoms with Crippen molar-refractivity contribution in [1.82, 2.24) is 10.3 Å². The van der Waals surface area contributed by atoms with Gasteiger partial charge in [-0.2, -0.15) is 17.6 Å². The molecule has 8 heteroatoms. The van der Waals surface area contributed by atoms with Crippen molar-refractivity contribution in [3.63, 3.8) is 0 Å². The number of carbonyl (C=O) groups is 1. The summed E-state index contributed by atoms with van der Waals surface area (Å²) in [5.74, 6) is -2.33. The molecule has 0 saturated carbocycles. The summed E-state index contributed by atoms with van der Waals surface area (Å²) < 4.78 is 52.0. The van der Waals surface area contributed by atoms with E-state index in [9.17, 15) is 22.4 Å². The van der Waals surface area contributed by atoms with Gasteiger partial charge in [0.1, 0.15) is 5.82 Å². The summed E-state index contributed by atoms with van der Waals surface area (Å²) in [4.78, 5) is 15.2. The SMILES string of the molecule is O=C(Nc1cccc(F)n1)C1(C(F)(F)F)CCNC1. The van der Waals surface area contributed by atoms with E-state index in [1.54, 1.807) is 0 Å². The Hall–Kier alpha value is -1.70. The number of amides is 1. The Morgan fingerprint density at radius 3 is 2.68 bits per heavy atom. The molecule has 1 saturated heterocycles. The number of hydrogen-bond donors (Lipinski definition) is 2. The molecule has 4 nitrogen and oxygen atoms in total. The van der Waals surface area contributed by atoms with Gasteiger partial charge < -0.3 is 10.6 Å². The molecule has 104 valence electrons. The number of alkyl halides is 3.